The van der Waals surface area contributed by atoms with Gasteiger partial charge >= 0.3 is 6.18 Å². The van der Waals surface area contributed by atoms with Crippen molar-refractivity contribution in [3.05, 3.63) is 69.3 Å². The first-order valence-corrected chi connectivity index (χ1v) is 10.4. The third-order valence-corrected chi connectivity index (χ3v) is 5.97. The molecule has 0 spiro atoms. The molecule has 4 rings (SSSR count). The number of nitrogens with zero attached hydrogens (tertiary/aromatic N) is 5. The molecule has 1 aromatic carbocycles. The zero-order valence-corrected chi connectivity index (χ0v) is 17.1. The number of hydrogen-bond donors (Lipinski definition) is 0. The summed E-state index contributed by atoms with van der Waals surface area (Å²) in [6.45, 7) is -0.0356. The molecule has 0 radical (unpaired) electrons. The van der Waals surface area contributed by atoms with Gasteiger partial charge in [0.2, 0.25) is 0 Å². The van der Waals surface area contributed by atoms with E-state index in [-0.39, 0.29) is 17.9 Å². The van der Waals surface area contributed by atoms with Crippen molar-refractivity contribution in [3.63, 3.8) is 0 Å². The summed E-state index contributed by atoms with van der Waals surface area (Å²) in [5.74, 6) is 0.969. The van der Waals surface area contributed by atoms with Crippen molar-refractivity contribution < 1.29 is 17.9 Å². The zero-order valence-electron chi connectivity index (χ0n) is 15.5. The minimum Gasteiger partial charge on any atom is -0.486 e. The van der Waals surface area contributed by atoms with Crippen LogP contribution in [-0.4, -0.2) is 24.1 Å². The van der Waals surface area contributed by atoms with Crippen molar-refractivity contribution in [2.75, 3.05) is 0 Å². The second-order valence-electron chi connectivity index (χ2n) is 6.20. The summed E-state index contributed by atoms with van der Waals surface area (Å²) in [7, 11) is 1.73. The number of alkyl halides is 3. The van der Waals surface area contributed by atoms with Crippen molar-refractivity contribution >= 4 is 28.1 Å². The van der Waals surface area contributed by atoms with Gasteiger partial charge in [0.15, 0.2) is 15.9 Å². The third kappa shape index (κ3) is 4.33. The molecular formula is C18H14F3N5O2S2. The average molecular weight is 453 g/mol. The molecule has 3 aromatic heterocycles. The quantitative estimate of drug-likeness (QED) is 0.414. The van der Waals surface area contributed by atoms with E-state index in [4.69, 9.17) is 4.74 Å². The van der Waals surface area contributed by atoms with E-state index < -0.39 is 11.7 Å². The van der Waals surface area contributed by atoms with E-state index in [1.807, 2.05) is 0 Å². The van der Waals surface area contributed by atoms with Crippen LogP contribution in [0.3, 0.4) is 0 Å². The van der Waals surface area contributed by atoms with Crippen LogP contribution in [0.15, 0.2) is 51.9 Å². The molecule has 0 saturated heterocycles. The molecule has 0 aliphatic carbocycles. The molecular weight excluding hydrogens is 439 g/mol. The highest BCUT2D eigenvalue weighted by Crippen LogP contribution is 2.31. The Balaban J connectivity index is 1.42. The van der Waals surface area contributed by atoms with Crippen molar-refractivity contribution in [3.8, 4) is 5.75 Å². The maximum atomic E-state index is 12.8. The molecule has 0 aliphatic rings. The van der Waals surface area contributed by atoms with Crippen LogP contribution < -0.4 is 10.3 Å². The van der Waals surface area contributed by atoms with Gasteiger partial charge in [-0.15, -0.1) is 21.5 Å². The first-order chi connectivity index (χ1) is 14.3. The molecule has 0 amide bonds. The molecule has 0 bridgehead atoms. The fraction of sp³-hybridized carbons (Fsp3) is 0.222. The monoisotopic (exact) mass is 453 g/mol. The standard InChI is InChI=1S/C18H14F3N5O2S2/c1-25-14(9-28-13-4-2-3-11(7-13)18(19,20)21)23-24-17(25)30-10-12-8-15(27)26-5-6-29-16(26)22-12/h2-8H,9-10H2,1H3. The first-order valence-electron chi connectivity index (χ1n) is 8.58. The van der Waals surface area contributed by atoms with Gasteiger partial charge in [-0.2, -0.15) is 13.2 Å². The number of benzene rings is 1. The summed E-state index contributed by atoms with van der Waals surface area (Å²) in [4.78, 5) is 17.1. The normalized spacial score (nSPS) is 11.9. The van der Waals surface area contributed by atoms with E-state index in [1.54, 1.807) is 23.2 Å². The van der Waals surface area contributed by atoms with Crippen LogP contribution >= 0.6 is 23.1 Å². The van der Waals surface area contributed by atoms with Crippen molar-refractivity contribution in [1.29, 1.82) is 0 Å². The number of halogens is 3. The van der Waals surface area contributed by atoms with Gasteiger partial charge < -0.3 is 9.30 Å². The van der Waals surface area contributed by atoms with E-state index in [0.717, 1.165) is 12.1 Å². The minimum absolute atomic E-state index is 0.0356. The lowest BCUT2D eigenvalue weighted by atomic mass is 10.2. The number of ether oxygens (including phenoxy) is 1. The Morgan fingerprint density at radius 3 is 2.87 bits per heavy atom. The third-order valence-electron chi connectivity index (χ3n) is 4.16. The van der Waals surface area contributed by atoms with Crippen LogP contribution in [0, 0.1) is 0 Å². The first kappa shape index (κ1) is 20.4. The summed E-state index contributed by atoms with van der Waals surface area (Å²) < 4.78 is 47.0. The molecule has 0 aliphatic heterocycles. The van der Waals surface area contributed by atoms with Crippen molar-refractivity contribution in [1.82, 2.24) is 24.1 Å². The van der Waals surface area contributed by atoms with Crippen LogP contribution in [0.2, 0.25) is 0 Å². The number of thiazole rings is 1. The van der Waals surface area contributed by atoms with Gasteiger partial charge in [0.25, 0.3) is 5.56 Å². The molecule has 156 valence electrons. The summed E-state index contributed by atoms with van der Waals surface area (Å²) in [6.07, 6.45) is -2.76. The second kappa shape index (κ2) is 8.11. The number of aromatic nitrogens is 5. The Morgan fingerprint density at radius 1 is 1.23 bits per heavy atom. The van der Waals surface area contributed by atoms with Crippen LogP contribution in [0.25, 0.3) is 4.96 Å². The Labute approximate surface area is 176 Å². The highest BCUT2D eigenvalue weighted by Gasteiger charge is 2.30. The smallest absolute Gasteiger partial charge is 0.416 e. The predicted molar refractivity (Wildman–Crippen MR) is 106 cm³/mol. The average Bonchev–Trinajstić information content (AvgIpc) is 3.31. The molecule has 0 fully saturated rings. The van der Waals surface area contributed by atoms with E-state index in [0.29, 0.717) is 27.4 Å². The SMILES string of the molecule is Cn1c(COc2cccc(C(F)(F)F)c2)nnc1SCc1cc(=O)n2ccsc2n1. The molecule has 4 aromatic rings. The van der Waals surface area contributed by atoms with Crippen LogP contribution in [-0.2, 0) is 25.6 Å². The van der Waals surface area contributed by atoms with E-state index in [1.165, 1.54) is 45.7 Å². The number of hydrogen-bond acceptors (Lipinski definition) is 7. The van der Waals surface area contributed by atoms with E-state index in [2.05, 4.69) is 15.2 Å². The molecule has 30 heavy (non-hydrogen) atoms. The van der Waals surface area contributed by atoms with Crippen LogP contribution in [0.4, 0.5) is 13.2 Å². The maximum Gasteiger partial charge on any atom is 0.416 e. The molecule has 0 saturated carbocycles. The molecule has 7 nitrogen and oxygen atoms in total. The van der Waals surface area contributed by atoms with Gasteiger partial charge in [-0.1, -0.05) is 17.8 Å². The molecule has 3 heterocycles. The van der Waals surface area contributed by atoms with Crippen LogP contribution in [0.1, 0.15) is 17.1 Å². The van der Waals surface area contributed by atoms with Crippen molar-refractivity contribution in [2.45, 2.75) is 23.7 Å². The summed E-state index contributed by atoms with van der Waals surface area (Å²) in [5, 5.41) is 10.5. The summed E-state index contributed by atoms with van der Waals surface area (Å²) in [5.41, 5.74) is -0.303. The predicted octanol–water partition coefficient (Wildman–Crippen LogP) is 3.77. The molecule has 12 heteroatoms. The Morgan fingerprint density at radius 2 is 2.07 bits per heavy atom. The molecule has 0 unspecified atom stereocenters. The van der Waals surface area contributed by atoms with Gasteiger partial charge in [-0.3, -0.25) is 9.20 Å². The van der Waals surface area contributed by atoms with Gasteiger partial charge in [-0.25, -0.2) is 4.98 Å². The lowest BCUT2D eigenvalue weighted by Gasteiger charge is -2.10. The van der Waals surface area contributed by atoms with Crippen LogP contribution in [0.5, 0.6) is 5.75 Å². The van der Waals surface area contributed by atoms with Gasteiger partial charge in [0, 0.05) is 30.4 Å². The summed E-state index contributed by atoms with van der Waals surface area (Å²) >= 11 is 2.72. The maximum absolute atomic E-state index is 12.8. The van der Waals surface area contributed by atoms with Crippen molar-refractivity contribution in [2.24, 2.45) is 7.05 Å². The number of thioether (sulfide) groups is 1. The molecule has 0 N–H and O–H groups in total. The van der Waals surface area contributed by atoms with Gasteiger partial charge in [0.1, 0.15) is 12.4 Å². The van der Waals surface area contributed by atoms with Gasteiger partial charge in [0.05, 0.1) is 11.3 Å². The van der Waals surface area contributed by atoms with E-state index in [9.17, 15) is 18.0 Å². The lowest BCUT2D eigenvalue weighted by Crippen LogP contribution is -2.12. The van der Waals surface area contributed by atoms with E-state index >= 15 is 0 Å². The fourth-order valence-corrected chi connectivity index (χ4v) is 4.17. The highest BCUT2D eigenvalue weighted by atomic mass is 32.2. The van der Waals surface area contributed by atoms with Gasteiger partial charge in [-0.05, 0) is 18.2 Å². The lowest BCUT2D eigenvalue weighted by molar-refractivity contribution is -0.137. The largest absolute Gasteiger partial charge is 0.486 e. The number of fused-ring (bicyclic) bond motifs is 1. The topological polar surface area (TPSA) is 74.3 Å². The fourth-order valence-electron chi connectivity index (χ4n) is 2.61. The second-order valence-corrected chi connectivity index (χ2v) is 8.02. The summed E-state index contributed by atoms with van der Waals surface area (Å²) in [6, 6.07) is 6.14. The minimum atomic E-state index is -4.43. The Kier molecular flexibility index (Phi) is 5.52. The Bertz CT molecular complexity index is 1250. The zero-order chi connectivity index (χ0) is 21.3. The molecule has 0 atom stereocenters. The highest BCUT2D eigenvalue weighted by molar-refractivity contribution is 7.98. The Hall–Kier alpha value is -2.86. The number of rotatable bonds is 6.